The number of benzene rings is 1. The van der Waals surface area contributed by atoms with Crippen LogP contribution in [0.3, 0.4) is 0 Å². The molecule has 0 spiro atoms. The van der Waals surface area contributed by atoms with Gasteiger partial charge in [-0.25, -0.2) is 15.0 Å². The summed E-state index contributed by atoms with van der Waals surface area (Å²) in [6, 6.07) is 18.7. The highest BCUT2D eigenvalue weighted by Crippen LogP contribution is 2.25. The number of pyridine rings is 3. The predicted molar refractivity (Wildman–Crippen MR) is 106 cm³/mol. The number of rotatable bonds is 5. The van der Waals surface area contributed by atoms with Crippen molar-refractivity contribution >= 4 is 16.9 Å². The van der Waals surface area contributed by atoms with E-state index < -0.39 is 0 Å². The molecule has 0 unspecified atom stereocenters. The minimum absolute atomic E-state index is 0.274. The first-order chi connectivity index (χ1) is 13.7. The van der Waals surface area contributed by atoms with E-state index in [9.17, 15) is 4.79 Å². The third-order valence-electron chi connectivity index (χ3n) is 4.29. The van der Waals surface area contributed by atoms with Crippen molar-refractivity contribution in [3.8, 4) is 11.6 Å². The van der Waals surface area contributed by atoms with Gasteiger partial charge in [0.1, 0.15) is 11.4 Å². The van der Waals surface area contributed by atoms with Gasteiger partial charge in [0.2, 0.25) is 5.88 Å². The summed E-state index contributed by atoms with van der Waals surface area (Å²) in [6.45, 7) is 2.25. The first kappa shape index (κ1) is 17.6. The summed E-state index contributed by atoms with van der Waals surface area (Å²) in [6.07, 6.45) is 3.32. The lowest BCUT2D eigenvalue weighted by molar-refractivity contribution is 0.0946. The van der Waals surface area contributed by atoms with E-state index in [1.807, 2.05) is 61.5 Å². The standard InChI is InChI=1S/C22H18N4O2/c1-15-6-2-3-9-19(15)28-22-17(8-5-13-24-22)14-25-21(27)18-11-10-16-7-4-12-23-20(16)26-18/h2-13H,14H2,1H3,(H,25,27). The van der Waals surface area contributed by atoms with Gasteiger partial charge >= 0.3 is 0 Å². The van der Waals surface area contributed by atoms with Crippen LogP contribution in [0.2, 0.25) is 0 Å². The second-order valence-corrected chi connectivity index (χ2v) is 6.26. The Labute approximate surface area is 162 Å². The lowest BCUT2D eigenvalue weighted by Gasteiger charge is -2.12. The quantitative estimate of drug-likeness (QED) is 0.573. The van der Waals surface area contributed by atoms with Crippen LogP contribution in [0.4, 0.5) is 0 Å². The van der Waals surface area contributed by atoms with Gasteiger partial charge in [-0.2, -0.15) is 0 Å². The monoisotopic (exact) mass is 370 g/mol. The van der Waals surface area contributed by atoms with Gasteiger partial charge in [0, 0.05) is 29.9 Å². The Morgan fingerprint density at radius 2 is 1.79 bits per heavy atom. The first-order valence-electron chi connectivity index (χ1n) is 8.88. The Morgan fingerprint density at radius 3 is 2.68 bits per heavy atom. The number of aryl methyl sites for hydroxylation is 1. The lowest BCUT2D eigenvalue weighted by Crippen LogP contribution is -2.24. The summed E-state index contributed by atoms with van der Waals surface area (Å²) in [4.78, 5) is 25.3. The molecule has 0 saturated heterocycles. The highest BCUT2D eigenvalue weighted by molar-refractivity contribution is 5.94. The van der Waals surface area contributed by atoms with Crippen LogP contribution in [-0.4, -0.2) is 20.9 Å². The number of hydrogen-bond donors (Lipinski definition) is 1. The van der Waals surface area contributed by atoms with Crippen LogP contribution in [0, 0.1) is 6.92 Å². The summed E-state index contributed by atoms with van der Waals surface area (Å²) in [5.74, 6) is 0.916. The van der Waals surface area contributed by atoms with Crippen LogP contribution < -0.4 is 10.1 Å². The van der Waals surface area contributed by atoms with Crippen LogP contribution in [-0.2, 0) is 6.54 Å². The van der Waals surface area contributed by atoms with Gasteiger partial charge in [-0.1, -0.05) is 24.3 Å². The van der Waals surface area contributed by atoms with E-state index in [1.54, 1.807) is 18.5 Å². The molecule has 6 nitrogen and oxygen atoms in total. The number of fused-ring (bicyclic) bond motifs is 1. The molecule has 28 heavy (non-hydrogen) atoms. The van der Waals surface area contributed by atoms with Crippen molar-refractivity contribution in [3.63, 3.8) is 0 Å². The molecule has 1 aromatic carbocycles. The van der Waals surface area contributed by atoms with E-state index >= 15 is 0 Å². The molecular formula is C22H18N4O2. The number of aromatic nitrogens is 3. The summed E-state index contributed by atoms with van der Waals surface area (Å²) in [5.41, 5.74) is 2.64. The van der Waals surface area contributed by atoms with Crippen LogP contribution >= 0.6 is 0 Å². The van der Waals surface area contributed by atoms with Gasteiger partial charge in [0.05, 0.1) is 0 Å². The number of para-hydroxylation sites is 1. The fourth-order valence-electron chi connectivity index (χ4n) is 2.77. The van der Waals surface area contributed by atoms with Crippen molar-refractivity contribution in [2.24, 2.45) is 0 Å². The zero-order valence-electron chi connectivity index (χ0n) is 15.3. The lowest BCUT2D eigenvalue weighted by atomic mass is 10.2. The molecule has 0 saturated carbocycles. The minimum atomic E-state index is -0.279. The molecule has 6 heteroatoms. The van der Waals surface area contributed by atoms with Crippen LogP contribution in [0.15, 0.2) is 73.1 Å². The Bertz CT molecular complexity index is 1140. The maximum Gasteiger partial charge on any atom is 0.270 e. The van der Waals surface area contributed by atoms with Crippen LogP contribution in [0.5, 0.6) is 11.6 Å². The van der Waals surface area contributed by atoms with E-state index in [2.05, 4.69) is 20.3 Å². The van der Waals surface area contributed by atoms with E-state index in [1.165, 1.54) is 0 Å². The fourth-order valence-corrected chi connectivity index (χ4v) is 2.77. The van der Waals surface area contributed by atoms with Gasteiger partial charge in [0.15, 0.2) is 5.65 Å². The molecule has 0 atom stereocenters. The molecule has 0 aliphatic carbocycles. The van der Waals surface area contributed by atoms with Crippen molar-refractivity contribution < 1.29 is 9.53 Å². The average molecular weight is 370 g/mol. The van der Waals surface area contributed by atoms with E-state index in [0.29, 0.717) is 17.2 Å². The Hall–Kier alpha value is -3.80. The molecule has 1 amide bonds. The second-order valence-electron chi connectivity index (χ2n) is 6.26. The molecule has 138 valence electrons. The summed E-state index contributed by atoms with van der Waals surface area (Å²) < 4.78 is 5.95. The zero-order chi connectivity index (χ0) is 19.3. The maximum absolute atomic E-state index is 12.5. The Morgan fingerprint density at radius 1 is 0.964 bits per heavy atom. The molecule has 4 rings (SSSR count). The van der Waals surface area contributed by atoms with Gasteiger partial charge in [-0.15, -0.1) is 0 Å². The van der Waals surface area contributed by atoms with Gasteiger partial charge in [-0.05, 0) is 48.9 Å². The van der Waals surface area contributed by atoms with Gasteiger partial charge in [-0.3, -0.25) is 4.79 Å². The molecule has 0 fully saturated rings. The molecular weight excluding hydrogens is 352 g/mol. The molecule has 1 N–H and O–H groups in total. The first-order valence-corrected chi connectivity index (χ1v) is 8.88. The highest BCUT2D eigenvalue weighted by Gasteiger charge is 2.12. The third kappa shape index (κ3) is 3.81. The molecule has 0 aliphatic rings. The average Bonchev–Trinajstić information content (AvgIpc) is 2.74. The maximum atomic E-state index is 12.5. The minimum Gasteiger partial charge on any atom is -0.438 e. The third-order valence-corrected chi connectivity index (χ3v) is 4.29. The zero-order valence-corrected chi connectivity index (χ0v) is 15.3. The SMILES string of the molecule is Cc1ccccc1Oc1ncccc1CNC(=O)c1ccc2cccnc2n1. The van der Waals surface area contributed by atoms with Crippen molar-refractivity contribution in [2.45, 2.75) is 13.5 Å². The number of hydrogen-bond acceptors (Lipinski definition) is 5. The molecule has 0 radical (unpaired) electrons. The molecule has 4 aromatic rings. The van der Waals surface area contributed by atoms with E-state index in [-0.39, 0.29) is 12.5 Å². The second kappa shape index (κ2) is 7.84. The highest BCUT2D eigenvalue weighted by atomic mass is 16.5. The number of carbonyl (C=O) groups is 1. The molecule has 3 heterocycles. The number of nitrogens with one attached hydrogen (secondary N) is 1. The number of nitrogens with zero attached hydrogens (tertiary/aromatic N) is 3. The largest absolute Gasteiger partial charge is 0.438 e. The van der Waals surface area contributed by atoms with E-state index in [0.717, 1.165) is 22.3 Å². The van der Waals surface area contributed by atoms with Crippen LogP contribution in [0.25, 0.3) is 11.0 Å². The van der Waals surface area contributed by atoms with Crippen molar-refractivity contribution in [1.29, 1.82) is 0 Å². The van der Waals surface area contributed by atoms with Crippen molar-refractivity contribution in [2.75, 3.05) is 0 Å². The molecule has 3 aromatic heterocycles. The fraction of sp³-hybridized carbons (Fsp3) is 0.0909. The van der Waals surface area contributed by atoms with Crippen molar-refractivity contribution in [3.05, 3.63) is 89.9 Å². The molecule has 0 bridgehead atoms. The van der Waals surface area contributed by atoms with Crippen molar-refractivity contribution in [1.82, 2.24) is 20.3 Å². The summed E-state index contributed by atoms with van der Waals surface area (Å²) in [7, 11) is 0. The topological polar surface area (TPSA) is 77.0 Å². The Balaban J connectivity index is 1.50. The normalized spacial score (nSPS) is 10.6. The summed E-state index contributed by atoms with van der Waals surface area (Å²) >= 11 is 0. The summed E-state index contributed by atoms with van der Waals surface area (Å²) in [5, 5.41) is 3.76. The number of ether oxygens (including phenoxy) is 1. The predicted octanol–water partition coefficient (Wildman–Crippen LogP) is 4.06. The van der Waals surface area contributed by atoms with Gasteiger partial charge in [0.25, 0.3) is 5.91 Å². The number of carbonyl (C=O) groups excluding carboxylic acids is 1. The van der Waals surface area contributed by atoms with E-state index in [4.69, 9.17) is 4.74 Å². The smallest absolute Gasteiger partial charge is 0.270 e. The Kier molecular flexibility index (Phi) is 4.93. The number of amides is 1. The molecule has 0 aliphatic heterocycles. The van der Waals surface area contributed by atoms with Gasteiger partial charge < -0.3 is 10.1 Å². The van der Waals surface area contributed by atoms with Crippen LogP contribution in [0.1, 0.15) is 21.6 Å².